The number of carbonyl (C=O) groups excluding carboxylic acids is 1. The Balaban J connectivity index is 1.38. The van der Waals surface area contributed by atoms with E-state index < -0.39 is 0 Å². The smallest absolute Gasteiger partial charge is 0.253 e. The molecule has 1 aliphatic heterocycles. The summed E-state index contributed by atoms with van der Waals surface area (Å²) in [5.41, 5.74) is 2.75. The Morgan fingerprint density at radius 2 is 1.85 bits per heavy atom. The van der Waals surface area contributed by atoms with Crippen molar-refractivity contribution in [2.45, 2.75) is 19.3 Å². The molecular formula is C22H24N2O2. The number of nitrogens with zero attached hydrogens (tertiary/aromatic N) is 2. The summed E-state index contributed by atoms with van der Waals surface area (Å²) in [6.45, 7) is 1.91. The molecule has 0 radical (unpaired) electrons. The van der Waals surface area contributed by atoms with Gasteiger partial charge in [-0.05, 0) is 66.7 Å². The Bertz CT molecular complexity index is 832. The van der Waals surface area contributed by atoms with Gasteiger partial charge in [0.25, 0.3) is 5.91 Å². The number of benzene rings is 1. The summed E-state index contributed by atoms with van der Waals surface area (Å²) in [5, 5.41) is 0. The first-order chi connectivity index (χ1) is 12.7. The number of fused-ring (bicyclic) bond motifs is 5. The van der Waals surface area contributed by atoms with E-state index in [1.807, 2.05) is 36.5 Å². The Kier molecular flexibility index (Phi) is 3.73. The van der Waals surface area contributed by atoms with Gasteiger partial charge in [0.2, 0.25) is 0 Å². The molecule has 0 unspecified atom stereocenters. The summed E-state index contributed by atoms with van der Waals surface area (Å²) in [6.07, 6.45) is 7.67. The summed E-state index contributed by atoms with van der Waals surface area (Å²) in [7, 11) is 1.64. The highest BCUT2D eigenvalue weighted by molar-refractivity contribution is 5.95. The first kappa shape index (κ1) is 15.9. The predicted octanol–water partition coefficient (Wildman–Crippen LogP) is 3.88. The largest absolute Gasteiger partial charge is 0.495 e. The van der Waals surface area contributed by atoms with Crippen molar-refractivity contribution in [3.8, 4) is 16.9 Å². The van der Waals surface area contributed by atoms with Gasteiger partial charge in [-0.15, -0.1) is 0 Å². The van der Waals surface area contributed by atoms with E-state index in [1.165, 1.54) is 19.3 Å². The van der Waals surface area contributed by atoms with Gasteiger partial charge in [-0.3, -0.25) is 9.78 Å². The third-order valence-corrected chi connectivity index (χ3v) is 6.82. The van der Waals surface area contributed by atoms with Crippen LogP contribution >= 0.6 is 0 Å². The molecule has 2 aromatic rings. The lowest BCUT2D eigenvalue weighted by Gasteiger charge is -2.22. The minimum absolute atomic E-state index is 0.177. The van der Waals surface area contributed by atoms with Crippen LogP contribution < -0.4 is 4.74 Å². The minimum Gasteiger partial charge on any atom is -0.495 e. The summed E-state index contributed by atoms with van der Waals surface area (Å²) in [5.74, 6) is 4.15. The molecule has 2 heterocycles. The average Bonchev–Trinajstić information content (AvgIpc) is 3.41. The van der Waals surface area contributed by atoms with E-state index in [-0.39, 0.29) is 5.91 Å². The zero-order valence-electron chi connectivity index (χ0n) is 15.1. The molecule has 2 saturated carbocycles. The van der Waals surface area contributed by atoms with E-state index in [0.29, 0.717) is 0 Å². The van der Waals surface area contributed by atoms with E-state index in [9.17, 15) is 4.79 Å². The number of methoxy groups -OCH3 is 1. The fourth-order valence-corrected chi connectivity index (χ4v) is 5.55. The van der Waals surface area contributed by atoms with Crippen LogP contribution in [-0.2, 0) is 0 Å². The zero-order valence-corrected chi connectivity index (χ0v) is 15.1. The van der Waals surface area contributed by atoms with Gasteiger partial charge in [0.05, 0.1) is 13.3 Å². The molecule has 1 aromatic heterocycles. The maximum Gasteiger partial charge on any atom is 0.253 e. The summed E-state index contributed by atoms with van der Waals surface area (Å²) < 4.78 is 5.27. The molecule has 26 heavy (non-hydrogen) atoms. The van der Waals surface area contributed by atoms with Gasteiger partial charge in [-0.2, -0.15) is 0 Å². The molecule has 1 amide bonds. The average molecular weight is 348 g/mol. The van der Waals surface area contributed by atoms with E-state index >= 15 is 0 Å². The molecule has 5 rings (SSSR count). The summed E-state index contributed by atoms with van der Waals surface area (Å²) in [4.78, 5) is 19.4. The van der Waals surface area contributed by atoms with Crippen LogP contribution in [0.3, 0.4) is 0 Å². The lowest BCUT2D eigenvalue weighted by atomic mass is 9.82. The number of carbonyl (C=O) groups is 1. The highest BCUT2D eigenvalue weighted by Gasteiger charge is 2.52. The van der Waals surface area contributed by atoms with Crippen LogP contribution in [-0.4, -0.2) is 36.0 Å². The van der Waals surface area contributed by atoms with Crippen LogP contribution in [0.2, 0.25) is 0 Å². The third kappa shape index (κ3) is 2.51. The van der Waals surface area contributed by atoms with E-state index in [2.05, 4.69) is 9.88 Å². The molecule has 0 N–H and O–H groups in total. The maximum atomic E-state index is 13.1. The van der Waals surface area contributed by atoms with Crippen molar-refractivity contribution < 1.29 is 9.53 Å². The van der Waals surface area contributed by atoms with Crippen molar-refractivity contribution in [2.24, 2.45) is 23.7 Å². The normalized spacial score (nSPS) is 29.0. The van der Waals surface area contributed by atoms with Gasteiger partial charge in [0.1, 0.15) is 5.75 Å². The second kappa shape index (κ2) is 6.11. The highest BCUT2D eigenvalue weighted by atomic mass is 16.5. The molecule has 3 fully saturated rings. The number of likely N-dealkylation sites (tertiary alicyclic amines) is 1. The number of rotatable bonds is 3. The van der Waals surface area contributed by atoms with Crippen LogP contribution in [0, 0.1) is 23.7 Å². The van der Waals surface area contributed by atoms with Crippen molar-refractivity contribution >= 4 is 5.91 Å². The molecule has 4 atom stereocenters. The van der Waals surface area contributed by atoms with Crippen LogP contribution in [0.4, 0.5) is 0 Å². The summed E-state index contributed by atoms with van der Waals surface area (Å²) >= 11 is 0. The quantitative estimate of drug-likeness (QED) is 0.845. The van der Waals surface area contributed by atoms with Crippen LogP contribution in [0.5, 0.6) is 5.75 Å². The topological polar surface area (TPSA) is 42.4 Å². The number of hydrogen-bond acceptors (Lipinski definition) is 3. The van der Waals surface area contributed by atoms with Gasteiger partial charge in [0.15, 0.2) is 0 Å². The minimum atomic E-state index is 0.177. The van der Waals surface area contributed by atoms with Crippen molar-refractivity contribution in [1.82, 2.24) is 9.88 Å². The lowest BCUT2D eigenvalue weighted by Crippen LogP contribution is -2.30. The molecule has 3 aliphatic rings. The molecule has 1 saturated heterocycles. The van der Waals surface area contributed by atoms with E-state index in [1.54, 1.807) is 13.3 Å². The second-order valence-electron chi connectivity index (χ2n) is 8.07. The Hall–Kier alpha value is -2.36. The summed E-state index contributed by atoms with van der Waals surface area (Å²) in [6, 6.07) is 9.85. The Labute approximate surface area is 154 Å². The number of hydrogen-bond donors (Lipinski definition) is 0. The fourth-order valence-electron chi connectivity index (χ4n) is 5.55. The van der Waals surface area contributed by atoms with Gasteiger partial charge in [-0.1, -0.05) is 12.1 Å². The number of pyridine rings is 1. The maximum absolute atomic E-state index is 13.1. The molecule has 0 spiro atoms. The third-order valence-electron chi connectivity index (χ3n) is 6.82. The van der Waals surface area contributed by atoms with E-state index in [0.717, 1.165) is 59.2 Å². The predicted molar refractivity (Wildman–Crippen MR) is 99.9 cm³/mol. The zero-order chi connectivity index (χ0) is 17.7. The molecule has 134 valence electrons. The Morgan fingerprint density at radius 3 is 2.58 bits per heavy atom. The van der Waals surface area contributed by atoms with Crippen LogP contribution in [0.15, 0.2) is 42.7 Å². The molecule has 1 aromatic carbocycles. The van der Waals surface area contributed by atoms with Crippen molar-refractivity contribution in [2.75, 3.05) is 20.2 Å². The monoisotopic (exact) mass is 348 g/mol. The SMILES string of the molecule is COc1cncc(-c2cccc(C(=O)N3C[C@@H]4[C@@H]5CC[C@@H](C5)[C@@H]4C3)c2)c1. The number of ether oxygens (including phenoxy) is 1. The van der Waals surface area contributed by atoms with Crippen molar-refractivity contribution in [3.63, 3.8) is 0 Å². The second-order valence-corrected chi connectivity index (χ2v) is 8.07. The Morgan fingerprint density at radius 1 is 1.08 bits per heavy atom. The van der Waals surface area contributed by atoms with Gasteiger partial charge >= 0.3 is 0 Å². The molecular weight excluding hydrogens is 324 g/mol. The lowest BCUT2D eigenvalue weighted by molar-refractivity contribution is 0.0776. The highest BCUT2D eigenvalue weighted by Crippen LogP contribution is 2.55. The number of amides is 1. The van der Waals surface area contributed by atoms with Crippen molar-refractivity contribution in [3.05, 3.63) is 48.3 Å². The molecule has 4 heteroatoms. The number of aromatic nitrogens is 1. The fraction of sp³-hybridized carbons (Fsp3) is 0.455. The standard InChI is InChI=1S/C22H24N2O2/c1-26-19-9-18(10-23-11-19)14-3-2-4-17(7-14)22(25)24-12-20-15-5-6-16(8-15)21(20)13-24/h2-4,7,9-11,15-16,20-21H,5-6,8,12-13H2,1H3/t15-,16+,20-,21+. The molecule has 4 nitrogen and oxygen atoms in total. The first-order valence-corrected chi connectivity index (χ1v) is 9.61. The van der Waals surface area contributed by atoms with Crippen LogP contribution in [0.1, 0.15) is 29.6 Å². The van der Waals surface area contributed by atoms with Gasteiger partial charge in [0, 0.05) is 30.4 Å². The van der Waals surface area contributed by atoms with E-state index in [4.69, 9.17) is 4.74 Å². The molecule has 2 bridgehead atoms. The van der Waals surface area contributed by atoms with Crippen LogP contribution in [0.25, 0.3) is 11.1 Å². The van der Waals surface area contributed by atoms with Gasteiger partial charge in [-0.25, -0.2) is 0 Å². The first-order valence-electron chi connectivity index (χ1n) is 9.61. The molecule has 2 aliphatic carbocycles. The van der Waals surface area contributed by atoms with Gasteiger partial charge < -0.3 is 9.64 Å². The van der Waals surface area contributed by atoms with Crippen molar-refractivity contribution in [1.29, 1.82) is 0 Å².